The average Bonchev–Trinajstić information content (AvgIpc) is 3.44. The fraction of sp³-hybridized carbons (Fsp3) is 0.609. The maximum atomic E-state index is 13.1. The average molecular weight is 428 g/mol. The quantitative estimate of drug-likeness (QED) is 0.739. The van der Waals surface area contributed by atoms with Crippen LogP contribution in [0.1, 0.15) is 49.8 Å². The monoisotopic (exact) mass is 427 g/mol. The molecule has 4 fully saturated rings. The van der Waals surface area contributed by atoms with Crippen molar-refractivity contribution in [3.8, 4) is 0 Å². The molecule has 2 N–H and O–H groups in total. The molecule has 7 nitrogen and oxygen atoms in total. The smallest absolute Gasteiger partial charge is 0.224 e. The minimum absolute atomic E-state index is 0.00374. The number of rotatable bonds is 6. The molecule has 3 saturated heterocycles. The van der Waals surface area contributed by atoms with E-state index in [0.717, 1.165) is 63.7 Å². The Morgan fingerprint density at radius 2 is 2.03 bits per heavy atom. The first-order valence-corrected chi connectivity index (χ1v) is 11.4. The van der Waals surface area contributed by atoms with Gasteiger partial charge in [0, 0.05) is 19.1 Å². The number of aliphatic hydroxyl groups is 1. The summed E-state index contributed by atoms with van der Waals surface area (Å²) in [6.45, 7) is 2.93. The highest BCUT2D eigenvalue weighted by Crippen LogP contribution is 2.39. The van der Waals surface area contributed by atoms with Crippen molar-refractivity contribution in [3.05, 3.63) is 47.5 Å². The molecule has 0 radical (unpaired) electrons. The topological polar surface area (TPSA) is 83.3 Å². The number of amides is 1. The van der Waals surface area contributed by atoms with Gasteiger partial charge in [0.2, 0.25) is 5.91 Å². The van der Waals surface area contributed by atoms with Crippen molar-refractivity contribution < 1.29 is 14.3 Å². The number of carbonyl (C=O) groups is 1. The molecular formula is C23H30FN5O2. The number of nitrogens with one attached hydrogen (secondary N) is 1. The molecule has 4 heterocycles. The lowest BCUT2D eigenvalue weighted by Crippen LogP contribution is -2.58. The molecule has 1 aromatic carbocycles. The van der Waals surface area contributed by atoms with E-state index in [2.05, 4.69) is 20.5 Å². The second-order valence-electron chi connectivity index (χ2n) is 9.45. The highest BCUT2D eigenvalue weighted by atomic mass is 19.1. The highest BCUT2D eigenvalue weighted by Gasteiger charge is 2.43. The lowest BCUT2D eigenvalue weighted by molar-refractivity contribution is -0.133. The number of fused-ring (bicyclic) bond motifs is 3. The van der Waals surface area contributed by atoms with E-state index in [-0.39, 0.29) is 17.6 Å². The third-order valence-electron chi connectivity index (χ3n) is 7.44. The first-order chi connectivity index (χ1) is 15.0. The van der Waals surface area contributed by atoms with Gasteiger partial charge in [0.1, 0.15) is 17.1 Å². The van der Waals surface area contributed by atoms with E-state index in [9.17, 15) is 14.3 Å². The Hall–Kier alpha value is -2.32. The summed E-state index contributed by atoms with van der Waals surface area (Å²) in [7, 11) is 0. The van der Waals surface area contributed by atoms with Crippen molar-refractivity contribution in [2.24, 2.45) is 11.8 Å². The molecule has 2 bridgehead atoms. The first-order valence-electron chi connectivity index (χ1n) is 11.4. The van der Waals surface area contributed by atoms with E-state index < -0.39 is 5.60 Å². The minimum Gasteiger partial charge on any atom is -0.383 e. The number of hydrogen-bond acceptors (Lipinski definition) is 5. The Morgan fingerprint density at radius 1 is 1.26 bits per heavy atom. The highest BCUT2D eigenvalue weighted by molar-refractivity contribution is 5.79. The van der Waals surface area contributed by atoms with Gasteiger partial charge in [0.25, 0.3) is 0 Å². The van der Waals surface area contributed by atoms with Gasteiger partial charge in [-0.1, -0.05) is 30.2 Å². The molecule has 4 aliphatic rings. The molecule has 6 rings (SSSR count). The van der Waals surface area contributed by atoms with Crippen LogP contribution in [0.5, 0.6) is 0 Å². The zero-order chi connectivity index (χ0) is 21.4. The fourth-order valence-electron chi connectivity index (χ4n) is 5.58. The molecule has 1 aliphatic carbocycles. The van der Waals surface area contributed by atoms with E-state index >= 15 is 0 Å². The predicted octanol–water partition coefficient (Wildman–Crippen LogP) is 2.21. The number of nitrogens with zero attached hydrogens (tertiary/aromatic N) is 4. The third-order valence-corrected chi connectivity index (χ3v) is 7.44. The van der Waals surface area contributed by atoms with Crippen molar-refractivity contribution in [1.82, 2.24) is 25.2 Å². The zero-order valence-electron chi connectivity index (χ0n) is 17.7. The number of hydrogen-bond donors (Lipinski definition) is 2. The fourth-order valence-corrected chi connectivity index (χ4v) is 5.58. The summed E-state index contributed by atoms with van der Waals surface area (Å²) in [5.41, 5.74) is 0.788. The standard InChI is InChI=1S/C23H30FN5O2/c24-18-5-3-16(4-6-18)12-25-22(30)20-14-28-10-7-17(20)11-19(28)13-29-15-21(26-27-29)23(31)8-1-2-9-23/h3-6,15,17,19-20,31H,1-2,7-14H2,(H,25,30)/t17-,19+,20-/m0/s1. The molecule has 31 heavy (non-hydrogen) atoms. The summed E-state index contributed by atoms with van der Waals surface area (Å²) in [6, 6.07) is 6.59. The van der Waals surface area contributed by atoms with Gasteiger partial charge in [-0.25, -0.2) is 4.39 Å². The van der Waals surface area contributed by atoms with Crippen LogP contribution in [0, 0.1) is 17.7 Å². The molecule has 1 unspecified atom stereocenters. The Labute approximate surface area is 181 Å². The second kappa shape index (κ2) is 8.31. The largest absolute Gasteiger partial charge is 0.383 e. The van der Waals surface area contributed by atoms with Crippen LogP contribution >= 0.6 is 0 Å². The molecule has 1 saturated carbocycles. The van der Waals surface area contributed by atoms with Gasteiger partial charge >= 0.3 is 0 Å². The van der Waals surface area contributed by atoms with Gasteiger partial charge in [0.05, 0.1) is 18.7 Å². The van der Waals surface area contributed by atoms with Crippen LogP contribution in [0.2, 0.25) is 0 Å². The lowest BCUT2D eigenvalue weighted by atomic mass is 9.75. The molecule has 3 aliphatic heterocycles. The van der Waals surface area contributed by atoms with E-state index in [4.69, 9.17) is 0 Å². The van der Waals surface area contributed by atoms with Crippen LogP contribution in [-0.4, -0.2) is 50.0 Å². The summed E-state index contributed by atoms with van der Waals surface area (Å²) >= 11 is 0. The number of aromatic nitrogens is 3. The Bertz CT molecular complexity index is 924. The molecule has 166 valence electrons. The SMILES string of the molecule is O=C(NCc1ccc(F)cc1)[C@H]1CN2CC[C@H]1C[C@@H]2Cn1cc(C2(O)CCCC2)nn1. The van der Waals surface area contributed by atoms with E-state index in [0.29, 0.717) is 24.2 Å². The zero-order valence-corrected chi connectivity index (χ0v) is 17.7. The third kappa shape index (κ3) is 4.23. The maximum Gasteiger partial charge on any atom is 0.224 e. The van der Waals surface area contributed by atoms with Gasteiger partial charge < -0.3 is 10.4 Å². The molecule has 8 heteroatoms. The van der Waals surface area contributed by atoms with E-state index in [1.54, 1.807) is 12.1 Å². The van der Waals surface area contributed by atoms with Gasteiger partial charge in [-0.15, -0.1) is 5.10 Å². The van der Waals surface area contributed by atoms with Crippen molar-refractivity contribution >= 4 is 5.91 Å². The molecule has 1 aromatic heterocycles. The lowest BCUT2D eigenvalue weighted by Gasteiger charge is -2.49. The molecule has 4 atom stereocenters. The van der Waals surface area contributed by atoms with E-state index in [1.807, 2.05) is 10.9 Å². The second-order valence-corrected chi connectivity index (χ2v) is 9.45. The van der Waals surface area contributed by atoms with Gasteiger partial charge in [-0.05, 0) is 55.8 Å². The molecular weight excluding hydrogens is 397 g/mol. The molecule has 2 aromatic rings. The van der Waals surface area contributed by atoms with Crippen LogP contribution in [-0.2, 0) is 23.5 Å². The van der Waals surface area contributed by atoms with Crippen LogP contribution in [0.15, 0.2) is 30.5 Å². The Morgan fingerprint density at radius 3 is 2.74 bits per heavy atom. The summed E-state index contributed by atoms with van der Waals surface area (Å²) < 4.78 is 14.9. The summed E-state index contributed by atoms with van der Waals surface area (Å²) in [5.74, 6) is 0.181. The minimum atomic E-state index is -0.808. The van der Waals surface area contributed by atoms with Crippen molar-refractivity contribution in [3.63, 3.8) is 0 Å². The van der Waals surface area contributed by atoms with E-state index in [1.165, 1.54) is 12.1 Å². The number of halogens is 1. The van der Waals surface area contributed by atoms with Gasteiger partial charge in [0.15, 0.2) is 0 Å². The van der Waals surface area contributed by atoms with Crippen LogP contribution < -0.4 is 5.32 Å². The Balaban J connectivity index is 1.17. The number of piperidine rings is 3. The molecule has 1 amide bonds. The van der Waals surface area contributed by atoms with Crippen molar-refractivity contribution in [2.45, 2.75) is 63.3 Å². The normalized spacial score (nSPS) is 29.2. The summed E-state index contributed by atoms with van der Waals surface area (Å²) in [6.07, 6.45) is 7.50. The van der Waals surface area contributed by atoms with Gasteiger partial charge in [-0.2, -0.15) is 0 Å². The number of benzene rings is 1. The Kier molecular flexibility index (Phi) is 5.52. The van der Waals surface area contributed by atoms with Crippen LogP contribution in [0.25, 0.3) is 0 Å². The van der Waals surface area contributed by atoms with Crippen LogP contribution in [0.4, 0.5) is 4.39 Å². The van der Waals surface area contributed by atoms with Crippen molar-refractivity contribution in [2.75, 3.05) is 13.1 Å². The predicted molar refractivity (Wildman–Crippen MR) is 112 cm³/mol. The van der Waals surface area contributed by atoms with Crippen molar-refractivity contribution in [1.29, 1.82) is 0 Å². The number of carbonyl (C=O) groups excluding carboxylic acids is 1. The molecule has 0 spiro atoms. The van der Waals surface area contributed by atoms with Gasteiger partial charge in [-0.3, -0.25) is 14.4 Å². The first kappa shape index (κ1) is 20.6. The summed E-state index contributed by atoms with van der Waals surface area (Å²) in [5, 5.41) is 22.3. The summed E-state index contributed by atoms with van der Waals surface area (Å²) in [4.78, 5) is 15.2. The van der Waals surface area contributed by atoms with Crippen LogP contribution in [0.3, 0.4) is 0 Å². The maximum absolute atomic E-state index is 13.1.